The van der Waals surface area contributed by atoms with E-state index in [1.165, 1.54) is 12.1 Å². The molecular weight excluding hydrogens is 250 g/mol. The molecule has 2 aromatic rings. The maximum absolute atomic E-state index is 12.0. The zero-order chi connectivity index (χ0) is 13.2. The van der Waals surface area contributed by atoms with Crippen LogP contribution in [0.4, 0.5) is 11.5 Å². The predicted octanol–water partition coefficient (Wildman–Crippen LogP) is 1.77. The summed E-state index contributed by atoms with van der Waals surface area (Å²) < 4.78 is 26.5. The molecular formula is C12H13N3O2S. The Morgan fingerprint density at radius 1 is 1.22 bits per heavy atom. The molecule has 0 aliphatic rings. The highest BCUT2D eigenvalue weighted by molar-refractivity contribution is 7.92. The fraction of sp³-hybridized carbons (Fsp3) is 0.0833. The van der Waals surface area contributed by atoms with Gasteiger partial charge in [-0.3, -0.25) is 4.72 Å². The van der Waals surface area contributed by atoms with E-state index < -0.39 is 10.0 Å². The molecule has 0 radical (unpaired) electrons. The van der Waals surface area contributed by atoms with Crippen molar-refractivity contribution in [3.63, 3.8) is 0 Å². The van der Waals surface area contributed by atoms with Crippen LogP contribution in [-0.2, 0) is 10.0 Å². The number of nitrogens with two attached hydrogens (primary N) is 1. The summed E-state index contributed by atoms with van der Waals surface area (Å²) in [4.78, 5) is 4.11. The van der Waals surface area contributed by atoms with Crippen LogP contribution in [0.1, 0.15) is 5.56 Å². The van der Waals surface area contributed by atoms with E-state index in [4.69, 9.17) is 5.73 Å². The number of hydrogen-bond donors (Lipinski definition) is 2. The second-order valence-electron chi connectivity index (χ2n) is 3.90. The number of rotatable bonds is 3. The van der Waals surface area contributed by atoms with Gasteiger partial charge in [0.15, 0.2) is 0 Å². The molecule has 0 unspecified atom stereocenters. The van der Waals surface area contributed by atoms with Crippen LogP contribution in [0, 0.1) is 6.92 Å². The fourth-order valence-electron chi connectivity index (χ4n) is 1.41. The van der Waals surface area contributed by atoms with E-state index in [1.807, 2.05) is 6.92 Å². The monoisotopic (exact) mass is 263 g/mol. The quantitative estimate of drug-likeness (QED) is 0.826. The number of anilines is 2. The summed E-state index contributed by atoms with van der Waals surface area (Å²) in [7, 11) is -3.64. The van der Waals surface area contributed by atoms with Crippen molar-refractivity contribution in [2.45, 2.75) is 11.8 Å². The van der Waals surface area contributed by atoms with Crippen molar-refractivity contribution < 1.29 is 8.42 Å². The molecule has 2 rings (SSSR count). The first-order chi connectivity index (χ1) is 8.47. The van der Waals surface area contributed by atoms with Gasteiger partial charge in [-0.1, -0.05) is 12.1 Å². The average Bonchev–Trinajstić information content (AvgIpc) is 2.32. The normalized spacial score (nSPS) is 11.2. The molecule has 0 amide bonds. The van der Waals surface area contributed by atoms with Crippen LogP contribution < -0.4 is 10.5 Å². The van der Waals surface area contributed by atoms with Gasteiger partial charge in [-0.05, 0) is 36.8 Å². The highest BCUT2D eigenvalue weighted by Gasteiger charge is 2.14. The third kappa shape index (κ3) is 2.78. The lowest BCUT2D eigenvalue weighted by molar-refractivity contribution is 0.601. The van der Waals surface area contributed by atoms with Crippen LogP contribution in [0.5, 0.6) is 0 Å². The molecule has 0 saturated carbocycles. The highest BCUT2D eigenvalue weighted by atomic mass is 32.2. The summed E-state index contributed by atoms with van der Waals surface area (Å²) in [6.45, 7) is 1.88. The third-order valence-corrected chi connectivity index (χ3v) is 3.67. The largest absolute Gasteiger partial charge is 0.399 e. The maximum atomic E-state index is 12.0. The lowest BCUT2D eigenvalue weighted by Gasteiger charge is -2.07. The van der Waals surface area contributed by atoms with Crippen LogP contribution in [0.25, 0.3) is 0 Å². The van der Waals surface area contributed by atoms with E-state index in [-0.39, 0.29) is 10.7 Å². The van der Waals surface area contributed by atoms with Gasteiger partial charge in [0.2, 0.25) is 0 Å². The van der Waals surface area contributed by atoms with Crippen LogP contribution in [-0.4, -0.2) is 13.4 Å². The second kappa shape index (κ2) is 4.66. The molecule has 94 valence electrons. The third-order valence-electron chi connectivity index (χ3n) is 2.32. The number of benzene rings is 1. The molecule has 0 saturated heterocycles. The molecule has 1 aromatic heterocycles. The minimum absolute atomic E-state index is 0.116. The topological polar surface area (TPSA) is 85.1 Å². The second-order valence-corrected chi connectivity index (χ2v) is 5.58. The molecule has 0 spiro atoms. The summed E-state index contributed by atoms with van der Waals surface area (Å²) in [6.07, 6.45) is 1.59. The van der Waals surface area contributed by atoms with Gasteiger partial charge < -0.3 is 5.73 Å². The number of pyridine rings is 1. The summed E-state index contributed by atoms with van der Waals surface area (Å²) in [5.41, 5.74) is 6.92. The van der Waals surface area contributed by atoms with Gasteiger partial charge in [-0.25, -0.2) is 13.4 Å². The van der Waals surface area contributed by atoms with Crippen molar-refractivity contribution in [3.05, 3.63) is 48.2 Å². The van der Waals surface area contributed by atoms with E-state index >= 15 is 0 Å². The average molecular weight is 263 g/mol. The van der Waals surface area contributed by atoms with Gasteiger partial charge in [0.25, 0.3) is 10.0 Å². The Morgan fingerprint density at radius 2 is 2.00 bits per heavy atom. The van der Waals surface area contributed by atoms with Crippen molar-refractivity contribution in [1.82, 2.24) is 4.98 Å². The van der Waals surface area contributed by atoms with Gasteiger partial charge in [0, 0.05) is 11.9 Å². The maximum Gasteiger partial charge on any atom is 0.263 e. The van der Waals surface area contributed by atoms with Crippen molar-refractivity contribution in [2.75, 3.05) is 10.5 Å². The first kappa shape index (κ1) is 12.4. The van der Waals surface area contributed by atoms with E-state index in [9.17, 15) is 8.42 Å². The molecule has 0 atom stereocenters. The van der Waals surface area contributed by atoms with Crippen molar-refractivity contribution in [2.24, 2.45) is 0 Å². The molecule has 0 bridgehead atoms. The highest BCUT2D eigenvalue weighted by Crippen LogP contribution is 2.16. The zero-order valence-corrected chi connectivity index (χ0v) is 10.6. The van der Waals surface area contributed by atoms with Gasteiger partial charge in [-0.2, -0.15) is 0 Å². The van der Waals surface area contributed by atoms with E-state index in [0.717, 1.165) is 5.56 Å². The number of sulfonamides is 1. The van der Waals surface area contributed by atoms with Crippen LogP contribution in [0.3, 0.4) is 0 Å². The molecule has 0 aliphatic heterocycles. The van der Waals surface area contributed by atoms with E-state index in [1.54, 1.807) is 30.5 Å². The Hall–Kier alpha value is -2.08. The number of nitrogens with zero attached hydrogens (tertiary/aromatic N) is 1. The predicted molar refractivity (Wildman–Crippen MR) is 70.6 cm³/mol. The Bertz CT molecular complexity index is 651. The minimum Gasteiger partial charge on any atom is -0.399 e. The smallest absolute Gasteiger partial charge is 0.263 e. The van der Waals surface area contributed by atoms with Crippen molar-refractivity contribution in [3.8, 4) is 0 Å². The van der Waals surface area contributed by atoms with Crippen LogP contribution >= 0.6 is 0 Å². The fourth-order valence-corrected chi connectivity index (χ4v) is 2.47. The molecule has 0 aliphatic carbocycles. The molecule has 18 heavy (non-hydrogen) atoms. The number of aromatic nitrogens is 1. The summed E-state index contributed by atoms with van der Waals surface area (Å²) in [5, 5.41) is 0. The zero-order valence-electron chi connectivity index (χ0n) is 9.79. The van der Waals surface area contributed by atoms with Crippen LogP contribution in [0.2, 0.25) is 0 Å². The summed E-state index contributed by atoms with van der Waals surface area (Å²) >= 11 is 0. The number of hydrogen-bond acceptors (Lipinski definition) is 4. The Kier molecular flexibility index (Phi) is 3.20. The molecule has 1 heterocycles. The SMILES string of the molecule is Cc1ccc(NS(=O)(=O)c2cccc(N)c2)nc1. The first-order valence-electron chi connectivity index (χ1n) is 5.28. The molecule has 5 nitrogen and oxygen atoms in total. The first-order valence-corrected chi connectivity index (χ1v) is 6.77. The molecule has 3 N–H and O–H groups in total. The molecule has 0 fully saturated rings. The standard InChI is InChI=1S/C12H13N3O2S/c1-9-5-6-12(14-8-9)15-18(16,17)11-4-2-3-10(13)7-11/h2-8H,13H2,1H3,(H,14,15). The van der Waals surface area contributed by atoms with E-state index in [2.05, 4.69) is 9.71 Å². The number of aryl methyl sites for hydroxylation is 1. The Morgan fingerprint density at radius 3 is 2.61 bits per heavy atom. The Labute approximate surface area is 106 Å². The molecule has 6 heteroatoms. The van der Waals surface area contributed by atoms with Gasteiger partial charge in [-0.15, -0.1) is 0 Å². The van der Waals surface area contributed by atoms with Crippen LogP contribution in [0.15, 0.2) is 47.5 Å². The van der Waals surface area contributed by atoms with Crippen molar-refractivity contribution >= 4 is 21.5 Å². The minimum atomic E-state index is -3.64. The van der Waals surface area contributed by atoms with Gasteiger partial charge in [0.05, 0.1) is 4.90 Å². The Balaban J connectivity index is 2.30. The van der Waals surface area contributed by atoms with Gasteiger partial charge in [0.1, 0.15) is 5.82 Å². The van der Waals surface area contributed by atoms with Crippen molar-refractivity contribution in [1.29, 1.82) is 0 Å². The van der Waals surface area contributed by atoms with Gasteiger partial charge >= 0.3 is 0 Å². The summed E-state index contributed by atoms with van der Waals surface area (Å²) in [5.74, 6) is 0.281. The number of nitrogens with one attached hydrogen (secondary N) is 1. The lowest BCUT2D eigenvalue weighted by atomic mass is 10.3. The summed E-state index contributed by atoms with van der Waals surface area (Å²) in [6, 6.07) is 9.49. The van der Waals surface area contributed by atoms with E-state index in [0.29, 0.717) is 5.69 Å². The number of nitrogen functional groups attached to an aromatic ring is 1. The molecule has 1 aromatic carbocycles. The lowest BCUT2D eigenvalue weighted by Crippen LogP contribution is -2.14.